The molecule has 1 aromatic heterocycles. The largest absolute Gasteiger partial charge is 0.392 e. The third kappa shape index (κ3) is 3.05. The van der Waals surface area contributed by atoms with E-state index in [9.17, 15) is 15.2 Å². The second-order valence-corrected chi connectivity index (χ2v) is 4.85. The third-order valence-corrected chi connectivity index (χ3v) is 3.48. The molecule has 1 saturated heterocycles. The van der Waals surface area contributed by atoms with Crippen molar-refractivity contribution < 1.29 is 10.0 Å². The van der Waals surface area contributed by atoms with Crippen molar-refractivity contribution in [1.82, 2.24) is 14.7 Å². The Morgan fingerprint density at radius 2 is 2.39 bits per heavy atom. The van der Waals surface area contributed by atoms with E-state index < -0.39 is 4.92 Å². The molecule has 2 atom stereocenters. The molecule has 0 aromatic carbocycles. The number of nitro groups is 1. The molecule has 0 spiro atoms. The van der Waals surface area contributed by atoms with Gasteiger partial charge in [0.25, 0.3) is 0 Å². The summed E-state index contributed by atoms with van der Waals surface area (Å²) in [5, 5.41) is 24.2. The van der Waals surface area contributed by atoms with Gasteiger partial charge in [-0.1, -0.05) is 6.92 Å². The minimum atomic E-state index is -0.449. The van der Waals surface area contributed by atoms with Crippen LogP contribution in [0.15, 0.2) is 12.4 Å². The van der Waals surface area contributed by atoms with Crippen LogP contribution in [-0.2, 0) is 6.54 Å². The zero-order valence-electron chi connectivity index (χ0n) is 10.4. The first-order chi connectivity index (χ1) is 8.56. The van der Waals surface area contributed by atoms with Gasteiger partial charge in [0.15, 0.2) is 0 Å². The summed E-state index contributed by atoms with van der Waals surface area (Å²) in [6, 6.07) is 0. The second-order valence-electron chi connectivity index (χ2n) is 4.85. The number of aliphatic hydroxyl groups excluding tert-OH is 1. The lowest BCUT2D eigenvalue weighted by atomic mass is 9.96. The van der Waals surface area contributed by atoms with Crippen LogP contribution in [0.3, 0.4) is 0 Å². The molecule has 1 fully saturated rings. The number of nitrogens with zero attached hydrogens (tertiary/aromatic N) is 4. The van der Waals surface area contributed by atoms with Crippen LogP contribution in [0.1, 0.15) is 13.3 Å². The van der Waals surface area contributed by atoms with E-state index in [1.165, 1.54) is 12.4 Å². The van der Waals surface area contributed by atoms with Gasteiger partial charge in [-0.25, -0.2) is 0 Å². The van der Waals surface area contributed by atoms with Crippen LogP contribution in [0, 0.1) is 16.0 Å². The Kier molecular flexibility index (Phi) is 3.93. The minimum absolute atomic E-state index is 0.0160. The fourth-order valence-electron chi connectivity index (χ4n) is 2.13. The lowest BCUT2D eigenvalue weighted by Gasteiger charge is -2.34. The standard InChI is InChI=1S/C11H18N4O3/c1-9-2-3-13(8-11(9)16)4-5-14-7-10(6-12-14)15(17)18/h6-7,9,11,16H,2-5,8H2,1H3. The summed E-state index contributed by atoms with van der Waals surface area (Å²) in [5.41, 5.74) is 0.0160. The number of hydrogen-bond donors (Lipinski definition) is 1. The van der Waals surface area contributed by atoms with Crippen molar-refractivity contribution >= 4 is 5.69 Å². The van der Waals surface area contributed by atoms with Gasteiger partial charge in [-0.2, -0.15) is 5.10 Å². The van der Waals surface area contributed by atoms with Crippen LogP contribution < -0.4 is 0 Å². The average molecular weight is 254 g/mol. The number of hydrogen-bond acceptors (Lipinski definition) is 5. The summed E-state index contributed by atoms with van der Waals surface area (Å²) in [5.74, 6) is 0.354. The summed E-state index contributed by atoms with van der Waals surface area (Å²) in [7, 11) is 0. The quantitative estimate of drug-likeness (QED) is 0.624. The molecule has 100 valence electrons. The van der Waals surface area contributed by atoms with E-state index in [0.717, 1.165) is 19.5 Å². The van der Waals surface area contributed by atoms with Gasteiger partial charge in [-0.05, 0) is 18.9 Å². The van der Waals surface area contributed by atoms with E-state index in [-0.39, 0.29) is 11.8 Å². The summed E-state index contributed by atoms with van der Waals surface area (Å²) in [4.78, 5) is 12.2. The number of rotatable bonds is 4. The van der Waals surface area contributed by atoms with E-state index in [0.29, 0.717) is 19.0 Å². The fourth-order valence-corrected chi connectivity index (χ4v) is 2.13. The molecule has 7 nitrogen and oxygen atoms in total. The maximum atomic E-state index is 10.5. The SMILES string of the molecule is CC1CCN(CCn2cc([N+](=O)[O-])cn2)CC1O. The van der Waals surface area contributed by atoms with Crippen LogP contribution in [0.2, 0.25) is 0 Å². The van der Waals surface area contributed by atoms with Crippen molar-refractivity contribution in [2.75, 3.05) is 19.6 Å². The van der Waals surface area contributed by atoms with E-state index in [2.05, 4.69) is 16.9 Å². The highest BCUT2D eigenvalue weighted by atomic mass is 16.6. The number of β-amino-alcohol motifs (C(OH)–C–C–N with tert-alkyl or cyclic N) is 1. The van der Waals surface area contributed by atoms with Gasteiger partial charge in [0.1, 0.15) is 12.4 Å². The molecule has 0 aliphatic carbocycles. The lowest BCUT2D eigenvalue weighted by Crippen LogP contribution is -2.43. The van der Waals surface area contributed by atoms with E-state index >= 15 is 0 Å². The molecule has 0 radical (unpaired) electrons. The molecule has 0 amide bonds. The van der Waals surface area contributed by atoms with Crippen molar-refractivity contribution in [2.45, 2.75) is 26.0 Å². The Hall–Kier alpha value is -1.47. The van der Waals surface area contributed by atoms with Gasteiger partial charge in [0, 0.05) is 13.1 Å². The molecule has 2 heterocycles. The maximum Gasteiger partial charge on any atom is 0.306 e. The predicted octanol–water partition coefficient (Wildman–Crippen LogP) is 0.494. The van der Waals surface area contributed by atoms with Crippen molar-refractivity contribution in [3.05, 3.63) is 22.5 Å². The second kappa shape index (κ2) is 5.45. The first kappa shape index (κ1) is 13.0. The maximum absolute atomic E-state index is 10.5. The number of aromatic nitrogens is 2. The van der Waals surface area contributed by atoms with Crippen LogP contribution >= 0.6 is 0 Å². The summed E-state index contributed by atoms with van der Waals surface area (Å²) in [6.07, 6.45) is 3.40. The highest BCUT2D eigenvalue weighted by Gasteiger charge is 2.23. The Balaban J connectivity index is 1.82. The number of likely N-dealkylation sites (tertiary alicyclic amines) is 1. The normalized spacial score (nSPS) is 25.2. The molecule has 1 aliphatic rings. The summed E-state index contributed by atoms with van der Waals surface area (Å²) >= 11 is 0. The van der Waals surface area contributed by atoms with Crippen molar-refractivity contribution in [2.24, 2.45) is 5.92 Å². The highest BCUT2D eigenvalue weighted by Crippen LogP contribution is 2.16. The molecule has 2 rings (SSSR count). The molecule has 1 aliphatic heterocycles. The number of aliphatic hydroxyl groups is 1. The topological polar surface area (TPSA) is 84.4 Å². The monoisotopic (exact) mass is 254 g/mol. The van der Waals surface area contributed by atoms with Gasteiger partial charge in [-0.3, -0.25) is 19.7 Å². The van der Waals surface area contributed by atoms with Crippen LogP contribution in [0.25, 0.3) is 0 Å². The molecule has 1 aromatic rings. The van der Waals surface area contributed by atoms with Crippen molar-refractivity contribution in [3.63, 3.8) is 0 Å². The fraction of sp³-hybridized carbons (Fsp3) is 0.727. The zero-order valence-corrected chi connectivity index (χ0v) is 10.4. The van der Waals surface area contributed by atoms with Gasteiger partial charge in [0.2, 0.25) is 0 Å². The van der Waals surface area contributed by atoms with Crippen LogP contribution in [0.5, 0.6) is 0 Å². The van der Waals surface area contributed by atoms with Crippen molar-refractivity contribution in [1.29, 1.82) is 0 Å². The predicted molar refractivity (Wildman–Crippen MR) is 65.1 cm³/mol. The molecule has 2 unspecified atom stereocenters. The molecule has 7 heteroatoms. The van der Waals surface area contributed by atoms with E-state index in [1.807, 2.05) is 0 Å². The van der Waals surface area contributed by atoms with Crippen LogP contribution in [-0.4, -0.2) is 50.4 Å². The highest BCUT2D eigenvalue weighted by molar-refractivity contribution is 5.20. The average Bonchev–Trinajstić information content (AvgIpc) is 2.79. The lowest BCUT2D eigenvalue weighted by molar-refractivity contribution is -0.385. The minimum Gasteiger partial charge on any atom is -0.392 e. The first-order valence-electron chi connectivity index (χ1n) is 6.13. The Morgan fingerprint density at radius 1 is 1.61 bits per heavy atom. The van der Waals surface area contributed by atoms with Crippen LogP contribution in [0.4, 0.5) is 5.69 Å². The van der Waals surface area contributed by atoms with Gasteiger partial charge in [-0.15, -0.1) is 0 Å². The van der Waals surface area contributed by atoms with Gasteiger partial charge in [0.05, 0.1) is 17.6 Å². The molecular weight excluding hydrogens is 236 g/mol. The van der Waals surface area contributed by atoms with E-state index in [4.69, 9.17) is 0 Å². The summed E-state index contributed by atoms with van der Waals surface area (Å²) in [6.45, 7) is 5.04. The molecule has 1 N–H and O–H groups in total. The zero-order chi connectivity index (χ0) is 13.1. The summed E-state index contributed by atoms with van der Waals surface area (Å²) < 4.78 is 1.57. The van der Waals surface area contributed by atoms with Crippen molar-refractivity contribution in [3.8, 4) is 0 Å². The number of piperidine rings is 1. The smallest absolute Gasteiger partial charge is 0.306 e. The molecule has 0 bridgehead atoms. The van der Waals surface area contributed by atoms with E-state index in [1.54, 1.807) is 4.68 Å². The van der Waals surface area contributed by atoms with Gasteiger partial charge >= 0.3 is 5.69 Å². The Bertz CT molecular complexity index is 420. The molecular formula is C11H18N4O3. The Morgan fingerprint density at radius 3 is 3.00 bits per heavy atom. The molecule has 0 saturated carbocycles. The molecule has 18 heavy (non-hydrogen) atoms. The van der Waals surface area contributed by atoms with Gasteiger partial charge < -0.3 is 5.11 Å². The first-order valence-corrected chi connectivity index (χ1v) is 6.13. The third-order valence-electron chi connectivity index (χ3n) is 3.48. The Labute approximate surface area is 105 Å².